The van der Waals surface area contributed by atoms with Gasteiger partial charge < -0.3 is 34.5 Å². The molecule has 0 radical (unpaired) electrons. The molecule has 44 heavy (non-hydrogen) atoms. The van der Waals surface area contributed by atoms with E-state index in [0.717, 1.165) is 28.7 Å². The fourth-order valence-electron chi connectivity index (χ4n) is 4.69. The van der Waals surface area contributed by atoms with Gasteiger partial charge >= 0.3 is 5.97 Å². The summed E-state index contributed by atoms with van der Waals surface area (Å²) in [6.07, 6.45) is 4.42. The van der Waals surface area contributed by atoms with E-state index in [1.54, 1.807) is 27.0 Å². The molecule has 2 N–H and O–H groups in total. The second-order valence-electron chi connectivity index (χ2n) is 10.8. The number of likely N-dealkylation sites (N-methyl/N-ethyl adjacent to an activating group) is 2. The number of ether oxygens (including phenoxy) is 2. The number of thiol groups is 1. The number of fused-ring (bicyclic) bond motifs is 1. The van der Waals surface area contributed by atoms with E-state index < -0.39 is 5.97 Å². The summed E-state index contributed by atoms with van der Waals surface area (Å²) in [5.74, 6) is -0.105. The fraction of sp³-hybridized carbons (Fsp3) is 0.312. The van der Waals surface area contributed by atoms with E-state index in [2.05, 4.69) is 33.1 Å². The third kappa shape index (κ3) is 7.50. The number of anilines is 4. The molecule has 0 aliphatic rings. The molecule has 0 atom stereocenters. The van der Waals surface area contributed by atoms with E-state index in [1.165, 1.54) is 17.7 Å². The minimum Gasteiger partial charge on any atom is -0.494 e. The number of amides is 1. The molecule has 232 valence electrons. The highest BCUT2D eigenvalue weighted by atomic mass is 32.1. The largest absolute Gasteiger partial charge is 0.494 e. The highest BCUT2D eigenvalue weighted by Crippen LogP contribution is 2.39. The van der Waals surface area contributed by atoms with Crippen LogP contribution >= 0.6 is 12.6 Å². The summed E-state index contributed by atoms with van der Waals surface area (Å²) in [6.45, 7) is 5.10. The number of aryl methyl sites for hydroxylation is 1. The number of aromatic nitrogens is 3. The summed E-state index contributed by atoms with van der Waals surface area (Å²) >= 11 is 4.03. The Bertz CT molecular complexity index is 1680. The molecule has 0 spiro atoms. The predicted octanol–water partition coefficient (Wildman–Crippen LogP) is 5.33. The van der Waals surface area contributed by atoms with E-state index in [-0.39, 0.29) is 23.5 Å². The van der Waals surface area contributed by atoms with Crippen molar-refractivity contribution in [1.29, 1.82) is 0 Å². The second-order valence-corrected chi connectivity index (χ2v) is 11.1. The number of nitrogens with zero attached hydrogens (tertiary/aromatic N) is 5. The van der Waals surface area contributed by atoms with Crippen molar-refractivity contribution in [2.45, 2.75) is 20.0 Å². The second kappa shape index (κ2) is 14.3. The van der Waals surface area contributed by atoms with Crippen LogP contribution in [0, 0.1) is 0 Å². The Morgan fingerprint density at radius 3 is 2.55 bits per heavy atom. The van der Waals surface area contributed by atoms with Crippen LogP contribution in [0.5, 0.6) is 5.75 Å². The number of methoxy groups -OCH3 is 1. The zero-order valence-electron chi connectivity index (χ0n) is 26.1. The lowest BCUT2D eigenvalue weighted by Crippen LogP contribution is -2.29. The SMILES string of the molecule is COc1cc(N(C)CCN(C)C)c(NC(=O)/C=C\S)cc1Nc1ncc(C(=O)OC(C)C)c(-c2cn(C)c3ccccc23)n1. The number of hydrogen-bond acceptors (Lipinski definition) is 10. The zero-order chi connectivity index (χ0) is 32.0. The highest BCUT2D eigenvalue weighted by molar-refractivity contribution is 7.83. The van der Waals surface area contributed by atoms with E-state index >= 15 is 0 Å². The Kier molecular flexibility index (Phi) is 10.5. The van der Waals surface area contributed by atoms with Crippen LogP contribution in [0.3, 0.4) is 0 Å². The van der Waals surface area contributed by atoms with Crippen LogP contribution in [0.15, 0.2) is 60.3 Å². The number of carbonyl (C=O) groups is 2. The van der Waals surface area contributed by atoms with Crippen LogP contribution in [0.4, 0.5) is 23.0 Å². The van der Waals surface area contributed by atoms with Gasteiger partial charge in [-0.2, -0.15) is 12.6 Å². The quantitative estimate of drug-likeness (QED) is 0.110. The predicted molar refractivity (Wildman–Crippen MR) is 179 cm³/mol. The van der Waals surface area contributed by atoms with E-state index in [9.17, 15) is 9.59 Å². The molecule has 0 bridgehead atoms. The summed E-state index contributed by atoms with van der Waals surface area (Å²) in [5, 5.41) is 8.48. The van der Waals surface area contributed by atoms with Crippen LogP contribution in [0.1, 0.15) is 24.2 Å². The van der Waals surface area contributed by atoms with Crippen molar-refractivity contribution < 1.29 is 19.1 Å². The molecular formula is C32H39N7O4S. The van der Waals surface area contributed by atoms with Gasteiger partial charge in [0.2, 0.25) is 11.9 Å². The minimum atomic E-state index is -0.514. The van der Waals surface area contributed by atoms with Crippen LogP contribution < -0.4 is 20.3 Å². The molecule has 0 unspecified atom stereocenters. The van der Waals surface area contributed by atoms with E-state index in [1.807, 2.05) is 74.2 Å². The third-order valence-electron chi connectivity index (χ3n) is 6.85. The molecular weight excluding hydrogens is 578 g/mol. The topological polar surface area (TPSA) is 114 Å². The van der Waals surface area contributed by atoms with Gasteiger partial charge in [-0.15, -0.1) is 0 Å². The van der Waals surface area contributed by atoms with Crippen molar-refractivity contribution in [2.24, 2.45) is 7.05 Å². The normalized spacial score (nSPS) is 11.4. The van der Waals surface area contributed by atoms with E-state index in [4.69, 9.17) is 14.5 Å². The van der Waals surface area contributed by atoms with Crippen LogP contribution in [0.25, 0.3) is 22.2 Å². The first kappa shape index (κ1) is 32.4. The molecule has 0 fully saturated rings. The smallest absolute Gasteiger partial charge is 0.342 e. The van der Waals surface area contributed by atoms with Crippen LogP contribution in [0.2, 0.25) is 0 Å². The number of benzene rings is 2. The maximum atomic E-state index is 13.2. The molecule has 2 aromatic carbocycles. The zero-order valence-corrected chi connectivity index (χ0v) is 27.0. The number of hydrogen-bond donors (Lipinski definition) is 3. The van der Waals surface area contributed by atoms with Crippen molar-refractivity contribution in [3.05, 3.63) is 65.8 Å². The summed E-state index contributed by atoms with van der Waals surface area (Å²) in [6, 6.07) is 11.5. The first-order valence-electron chi connectivity index (χ1n) is 14.1. The average Bonchev–Trinajstić information content (AvgIpc) is 3.32. The van der Waals surface area contributed by atoms with Gasteiger partial charge in [0.25, 0.3) is 0 Å². The monoisotopic (exact) mass is 617 g/mol. The van der Waals surface area contributed by atoms with Gasteiger partial charge in [-0.3, -0.25) is 4.79 Å². The summed E-state index contributed by atoms with van der Waals surface area (Å²) in [7, 11) is 9.46. The van der Waals surface area contributed by atoms with Crippen molar-refractivity contribution in [2.75, 3.05) is 56.9 Å². The Labute approximate surface area is 263 Å². The average molecular weight is 618 g/mol. The van der Waals surface area contributed by atoms with Crippen LogP contribution in [-0.2, 0) is 16.6 Å². The summed E-state index contributed by atoms with van der Waals surface area (Å²) in [5.41, 5.74) is 4.26. The molecule has 0 saturated heterocycles. The molecule has 0 aliphatic heterocycles. The molecule has 11 nitrogen and oxygen atoms in total. The van der Waals surface area contributed by atoms with Gasteiger partial charge in [-0.1, -0.05) is 18.2 Å². The maximum absolute atomic E-state index is 13.2. The standard InChI is InChI=1S/C32H39N7O4S/c1-20(2)43-31(41)22-18-33-32(36-30(22)23-19-39(6)26-11-9-8-10-21(23)26)35-25-16-24(34-29(40)12-15-44)27(17-28(25)42-7)38(5)14-13-37(3)4/h8-12,15-20,44H,13-14H2,1-7H3,(H,34,40)(H,33,35,36)/b15-12-. The van der Waals surface area contributed by atoms with Gasteiger partial charge in [-0.25, -0.2) is 14.8 Å². The highest BCUT2D eigenvalue weighted by Gasteiger charge is 2.23. The lowest BCUT2D eigenvalue weighted by Gasteiger charge is -2.26. The number of para-hydroxylation sites is 1. The third-order valence-corrected chi connectivity index (χ3v) is 6.99. The summed E-state index contributed by atoms with van der Waals surface area (Å²) < 4.78 is 13.3. The van der Waals surface area contributed by atoms with Crippen LogP contribution in [-0.4, -0.2) is 78.8 Å². The van der Waals surface area contributed by atoms with Gasteiger partial charge in [0.15, 0.2) is 0 Å². The molecule has 12 heteroatoms. The number of esters is 1. The van der Waals surface area contributed by atoms with Gasteiger partial charge in [0.05, 0.1) is 36.0 Å². The Balaban J connectivity index is 1.82. The number of nitrogens with one attached hydrogen (secondary N) is 2. The van der Waals surface area contributed by atoms with Crippen molar-refractivity contribution in [3.8, 4) is 17.0 Å². The molecule has 2 aromatic heterocycles. The van der Waals surface area contributed by atoms with Gasteiger partial charge in [0, 0.05) is 68.2 Å². The maximum Gasteiger partial charge on any atom is 0.342 e. The lowest BCUT2D eigenvalue weighted by molar-refractivity contribution is -0.111. The first-order chi connectivity index (χ1) is 21.0. The molecule has 2 heterocycles. The van der Waals surface area contributed by atoms with Crippen molar-refractivity contribution in [3.63, 3.8) is 0 Å². The van der Waals surface area contributed by atoms with Gasteiger partial charge in [-0.05, 0) is 45.5 Å². The minimum absolute atomic E-state index is 0.230. The van der Waals surface area contributed by atoms with Crippen molar-refractivity contribution in [1.82, 2.24) is 19.4 Å². The molecule has 4 aromatic rings. The fourth-order valence-corrected chi connectivity index (χ4v) is 4.82. The Morgan fingerprint density at radius 1 is 1.11 bits per heavy atom. The van der Waals surface area contributed by atoms with Gasteiger partial charge in [0.1, 0.15) is 11.3 Å². The molecule has 4 rings (SSSR count). The lowest BCUT2D eigenvalue weighted by atomic mass is 10.1. The molecule has 1 amide bonds. The summed E-state index contributed by atoms with van der Waals surface area (Å²) in [4.78, 5) is 39.1. The van der Waals surface area contributed by atoms with Crippen molar-refractivity contribution >= 4 is 58.4 Å². The molecule has 0 aliphatic carbocycles. The van der Waals surface area contributed by atoms with E-state index in [0.29, 0.717) is 29.4 Å². The number of rotatable bonds is 12. The first-order valence-corrected chi connectivity index (χ1v) is 14.6. The Hall–Kier alpha value is -4.55. The Morgan fingerprint density at radius 2 is 1.86 bits per heavy atom. The molecule has 0 saturated carbocycles. The number of carbonyl (C=O) groups excluding carboxylic acids is 2.